The lowest BCUT2D eigenvalue weighted by molar-refractivity contribution is -0.120. The summed E-state index contributed by atoms with van der Waals surface area (Å²) in [4.78, 5) is 13.0. The number of halogens is 1. The Kier molecular flexibility index (Phi) is 8.56. The average molecular weight is 358 g/mol. The van der Waals surface area contributed by atoms with E-state index in [4.69, 9.17) is 11.6 Å². The molecule has 1 N–H and O–H groups in total. The number of hydrogen-bond acceptors (Lipinski definition) is 3. The minimum absolute atomic E-state index is 0.184. The van der Waals surface area contributed by atoms with Crippen LogP contribution in [0.1, 0.15) is 38.5 Å². The summed E-state index contributed by atoms with van der Waals surface area (Å²) in [6, 6.07) is 7.85. The Morgan fingerprint density at radius 3 is 2.64 bits per heavy atom. The molecule has 0 unspecified atom stereocenters. The van der Waals surface area contributed by atoms with E-state index in [1.54, 1.807) is 11.8 Å². The summed E-state index contributed by atoms with van der Waals surface area (Å²) in [7, 11) is 0. The molecule has 1 saturated carbocycles. The maximum atomic E-state index is 11.7. The highest BCUT2D eigenvalue weighted by atomic mass is 35.5. The van der Waals surface area contributed by atoms with Gasteiger partial charge in [0, 0.05) is 33.9 Å². The lowest BCUT2D eigenvalue weighted by atomic mass is 10.3. The van der Waals surface area contributed by atoms with Crippen molar-refractivity contribution >= 4 is 41.0 Å². The van der Waals surface area contributed by atoms with Crippen molar-refractivity contribution < 1.29 is 4.79 Å². The van der Waals surface area contributed by atoms with Crippen LogP contribution in [0.25, 0.3) is 0 Å². The molecule has 2 rings (SSSR count). The number of nitrogens with one attached hydrogen (secondary N) is 1. The van der Waals surface area contributed by atoms with E-state index < -0.39 is 0 Å². The van der Waals surface area contributed by atoms with Gasteiger partial charge in [-0.25, -0.2) is 0 Å². The van der Waals surface area contributed by atoms with Gasteiger partial charge < -0.3 is 5.32 Å². The zero-order valence-electron chi connectivity index (χ0n) is 12.9. The van der Waals surface area contributed by atoms with Gasteiger partial charge in [-0.2, -0.15) is 11.8 Å². The third-order valence-electron chi connectivity index (χ3n) is 3.71. The molecule has 1 aromatic rings. The number of rotatable bonds is 9. The van der Waals surface area contributed by atoms with Crippen molar-refractivity contribution in [3.8, 4) is 0 Å². The standard InChI is InChI=1S/C17H24ClNOS2/c18-14-7-9-16(10-8-14)21-12-3-6-17(20)19-11-13-22-15-4-1-2-5-15/h7-10,15H,1-6,11-13H2,(H,19,20). The maximum absolute atomic E-state index is 11.7. The Balaban J connectivity index is 1.46. The van der Waals surface area contributed by atoms with E-state index in [-0.39, 0.29) is 5.91 Å². The summed E-state index contributed by atoms with van der Waals surface area (Å²) in [6.45, 7) is 0.810. The van der Waals surface area contributed by atoms with Gasteiger partial charge in [-0.3, -0.25) is 4.79 Å². The number of amides is 1. The van der Waals surface area contributed by atoms with E-state index in [0.29, 0.717) is 6.42 Å². The summed E-state index contributed by atoms with van der Waals surface area (Å²) in [5.74, 6) is 2.20. The Morgan fingerprint density at radius 1 is 1.18 bits per heavy atom. The fraction of sp³-hybridized carbons (Fsp3) is 0.588. The van der Waals surface area contributed by atoms with E-state index in [2.05, 4.69) is 5.32 Å². The van der Waals surface area contributed by atoms with Crippen molar-refractivity contribution in [1.29, 1.82) is 0 Å². The summed E-state index contributed by atoms with van der Waals surface area (Å²) >= 11 is 9.65. The van der Waals surface area contributed by atoms with Gasteiger partial charge in [-0.1, -0.05) is 24.4 Å². The molecular formula is C17H24ClNOS2. The first-order chi connectivity index (χ1) is 10.7. The summed E-state index contributed by atoms with van der Waals surface area (Å²) < 4.78 is 0. The molecule has 0 bridgehead atoms. The second-order valence-electron chi connectivity index (χ2n) is 5.53. The Bertz CT molecular complexity index is 446. The van der Waals surface area contributed by atoms with Crippen molar-refractivity contribution in [3.05, 3.63) is 29.3 Å². The van der Waals surface area contributed by atoms with Crippen LogP contribution in [0.4, 0.5) is 0 Å². The molecule has 0 saturated heterocycles. The van der Waals surface area contributed by atoms with Crippen molar-refractivity contribution in [1.82, 2.24) is 5.32 Å². The van der Waals surface area contributed by atoms with Crippen LogP contribution in [0.5, 0.6) is 0 Å². The zero-order chi connectivity index (χ0) is 15.6. The highest BCUT2D eigenvalue weighted by molar-refractivity contribution is 8.00. The van der Waals surface area contributed by atoms with Gasteiger partial charge in [-0.15, -0.1) is 11.8 Å². The fourth-order valence-corrected chi connectivity index (χ4v) is 4.71. The van der Waals surface area contributed by atoms with Crippen molar-refractivity contribution in [2.24, 2.45) is 0 Å². The molecule has 0 aromatic heterocycles. The molecule has 0 atom stereocenters. The van der Waals surface area contributed by atoms with Crippen LogP contribution in [0.3, 0.4) is 0 Å². The van der Waals surface area contributed by atoms with Gasteiger partial charge in [0.2, 0.25) is 5.91 Å². The largest absolute Gasteiger partial charge is 0.355 e. The Labute approximate surface area is 147 Å². The first-order valence-corrected chi connectivity index (χ1v) is 10.4. The van der Waals surface area contributed by atoms with E-state index in [9.17, 15) is 4.79 Å². The molecule has 22 heavy (non-hydrogen) atoms. The van der Waals surface area contributed by atoms with Gasteiger partial charge >= 0.3 is 0 Å². The number of carbonyl (C=O) groups is 1. The van der Waals surface area contributed by atoms with Crippen LogP contribution in [-0.2, 0) is 4.79 Å². The Morgan fingerprint density at radius 2 is 1.91 bits per heavy atom. The molecule has 0 aliphatic heterocycles. The second kappa shape index (κ2) is 10.5. The van der Waals surface area contributed by atoms with Crippen LogP contribution in [0.2, 0.25) is 5.02 Å². The third-order valence-corrected chi connectivity index (χ3v) is 6.44. The normalized spacial score (nSPS) is 15.1. The summed E-state index contributed by atoms with van der Waals surface area (Å²) in [5.41, 5.74) is 0. The van der Waals surface area contributed by atoms with E-state index in [1.165, 1.54) is 30.6 Å². The molecule has 1 amide bonds. The highest BCUT2D eigenvalue weighted by Gasteiger charge is 2.14. The second-order valence-corrected chi connectivity index (χ2v) is 8.55. The van der Waals surface area contributed by atoms with Gasteiger partial charge in [0.25, 0.3) is 0 Å². The fourth-order valence-electron chi connectivity index (χ4n) is 2.51. The van der Waals surface area contributed by atoms with Crippen LogP contribution in [0.15, 0.2) is 29.2 Å². The first kappa shape index (κ1) is 18.0. The SMILES string of the molecule is O=C(CCCSc1ccc(Cl)cc1)NCCSC1CCCC1. The molecule has 1 aliphatic rings. The molecule has 0 spiro atoms. The lowest BCUT2D eigenvalue weighted by Crippen LogP contribution is -2.25. The topological polar surface area (TPSA) is 29.1 Å². The monoisotopic (exact) mass is 357 g/mol. The summed E-state index contributed by atoms with van der Waals surface area (Å²) in [6.07, 6.45) is 7.02. The van der Waals surface area contributed by atoms with Crippen molar-refractivity contribution in [2.45, 2.75) is 48.7 Å². The molecule has 0 radical (unpaired) electrons. The molecule has 1 aromatic carbocycles. The zero-order valence-corrected chi connectivity index (χ0v) is 15.2. The minimum atomic E-state index is 0.184. The number of thioether (sulfide) groups is 2. The molecule has 1 fully saturated rings. The molecular weight excluding hydrogens is 334 g/mol. The number of benzene rings is 1. The Hall–Kier alpha value is -0.320. The predicted octanol–water partition coefficient (Wildman–Crippen LogP) is 5.00. The van der Waals surface area contributed by atoms with Gasteiger partial charge in [0.1, 0.15) is 0 Å². The average Bonchev–Trinajstić information content (AvgIpc) is 3.03. The molecule has 122 valence electrons. The van der Waals surface area contributed by atoms with E-state index in [1.807, 2.05) is 36.0 Å². The van der Waals surface area contributed by atoms with Crippen molar-refractivity contribution in [3.63, 3.8) is 0 Å². The molecule has 1 aliphatic carbocycles. The van der Waals surface area contributed by atoms with Gasteiger partial charge in [0.15, 0.2) is 0 Å². The summed E-state index contributed by atoms with van der Waals surface area (Å²) in [5, 5.41) is 4.63. The lowest BCUT2D eigenvalue weighted by Gasteiger charge is -2.09. The predicted molar refractivity (Wildman–Crippen MR) is 99.1 cm³/mol. The van der Waals surface area contributed by atoms with Crippen LogP contribution >= 0.6 is 35.1 Å². The van der Waals surface area contributed by atoms with Crippen molar-refractivity contribution in [2.75, 3.05) is 18.1 Å². The minimum Gasteiger partial charge on any atom is -0.355 e. The molecule has 5 heteroatoms. The number of carbonyl (C=O) groups excluding carboxylic acids is 1. The van der Waals surface area contributed by atoms with Crippen LogP contribution < -0.4 is 5.32 Å². The van der Waals surface area contributed by atoms with Crippen LogP contribution in [0, 0.1) is 0 Å². The smallest absolute Gasteiger partial charge is 0.220 e. The van der Waals surface area contributed by atoms with Gasteiger partial charge in [0.05, 0.1) is 0 Å². The first-order valence-electron chi connectivity index (χ1n) is 8.01. The van der Waals surface area contributed by atoms with Gasteiger partial charge in [-0.05, 0) is 49.3 Å². The van der Waals surface area contributed by atoms with Crippen LogP contribution in [-0.4, -0.2) is 29.2 Å². The molecule has 2 nitrogen and oxygen atoms in total. The van der Waals surface area contributed by atoms with E-state index >= 15 is 0 Å². The molecule has 0 heterocycles. The quantitative estimate of drug-likeness (QED) is 0.497. The third kappa shape index (κ3) is 7.30. The maximum Gasteiger partial charge on any atom is 0.220 e. The van der Waals surface area contributed by atoms with E-state index in [0.717, 1.165) is 34.7 Å². The number of hydrogen-bond donors (Lipinski definition) is 1. The highest BCUT2D eigenvalue weighted by Crippen LogP contribution is 2.28.